The molecular formula is C19H16ClN3O2. The third kappa shape index (κ3) is 2.87. The number of imide groups is 1. The smallest absolute Gasteiger partial charge is 0.325 e. The molecule has 0 spiro atoms. The summed E-state index contributed by atoms with van der Waals surface area (Å²) in [6.07, 6.45) is 2.34. The number of hydrogen-bond donors (Lipinski definition) is 2. The summed E-state index contributed by atoms with van der Waals surface area (Å²) in [6, 6.07) is 14.2. The van der Waals surface area contributed by atoms with Crippen LogP contribution in [-0.2, 0) is 17.8 Å². The van der Waals surface area contributed by atoms with Gasteiger partial charge in [0, 0.05) is 28.5 Å². The topological polar surface area (TPSA) is 65.2 Å². The van der Waals surface area contributed by atoms with Gasteiger partial charge in [0.15, 0.2) is 0 Å². The van der Waals surface area contributed by atoms with Crippen LogP contribution in [0.25, 0.3) is 10.9 Å². The maximum atomic E-state index is 12.7. The lowest BCUT2D eigenvalue weighted by Gasteiger charge is -2.14. The molecule has 1 aliphatic heterocycles. The van der Waals surface area contributed by atoms with Crippen molar-refractivity contribution in [2.75, 3.05) is 0 Å². The minimum atomic E-state index is -0.561. The van der Waals surface area contributed by atoms with Crippen LogP contribution in [0.4, 0.5) is 4.79 Å². The van der Waals surface area contributed by atoms with E-state index < -0.39 is 6.04 Å². The molecule has 0 radical (unpaired) electrons. The molecule has 4 rings (SSSR count). The Kier molecular flexibility index (Phi) is 3.93. The van der Waals surface area contributed by atoms with E-state index in [1.165, 1.54) is 4.90 Å². The lowest BCUT2D eigenvalue weighted by atomic mass is 10.0. The Hall–Kier alpha value is -2.79. The van der Waals surface area contributed by atoms with Crippen molar-refractivity contribution in [2.45, 2.75) is 19.0 Å². The largest absolute Gasteiger partial charge is 0.361 e. The fourth-order valence-electron chi connectivity index (χ4n) is 3.18. The van der Waals surface area contributed by atoms with Crippen LogP contribution in [0.1, 0.15) is 11.1 Å². The minimum absolute atomic E-state index is 0.175. The Morgan fingerprint density at radius 2 is 1.76 bits per heavy atom. The molecule has 3 aromatic rings. The monoisotopic (exact) mass is 353 g/mol. The Bertz CT molecular complexity index is 966. The number of nitrogens with zero attached hydrogens (tertiary/aromatic N) is 1. The van der Waals surface area contributed by atoms with E-state index in [9.17, 15) is 9.59 Å². The number of rotatable bonds is 4. The van der Waals surface area contributed by atoms with Gasteiger partial charge < -0.3 is 10.3 Å². The van der Waals surface area contributed by atoms with Crippen molar-refractivity contribution in [2.24, 2.45) is 0 Å². The van der Waals surface area contributed by atoms with Crippen molar-refractivity contribution in [3.05, 3.63) is 70.9 Å². The number of nitrogens with one attached hydrogen (secondary N) is 2. The van der Waals surface area contributed by atoms with Crippen molar-refractivity contribution in [3.63, 3.8) is 0 Å². The van der Waals surface area contributed by atoms with Gasteiger partial charge in [0.25, 0.3) is 5.91 Å². The number of H-pyrrole nitrogens is 1. The van der Waals surface area contributed by atoms with Gasteiger partial charge in [-0.25, -0.2) is 4.79 Å². The highest BCUT2D eigenvalue weighted by molar-refractivity contribution is 6.31. The molecule has 5 nitrogen and oxygen atoms in total. The molecular weight excluding hydrogens is 338 g/mol. The van der Waals surface area contributed by atoms with E-state index in [4.69, 9.17) is 11.6 Å². The highest BCUT2D eigenvalue weighted by Gasteiger charge is 2.38. The number of benzene rings is 2. The van der Waals surface area contributed by atoms with Gasteiger partial charge in [0.05, 0.1) is 6.54 Å². The van der Waals surface area contributed by atoms with Crippen LogP contribution < -0.4 is 5.32 Å². The van der Waals surface area contributed by atoms with Gasteiger partial charge in [0.2, 0.25) is 0 Å². The van der Waals surface area contributed by atoms with Gasteiger partial charge in [-0.3, -0.25) is 9.69 Å². The van der Waals surface area contributed by atoms with E-state index in [1.54, 1.807) is 6.07 Å². The van der Waals surface area contributed by atoms with Crippen LogP contribution in [0.15, 0.2) is 54.7 Å². The zero-order valence-electron chi connectivity index (χ0n) is 13.3. The number of aromatic nitrogens is 1. The molecule has 1 saturated heterocycles. The predicted octanol–water partition coefficient (Wildman–Crippen LogP) is 3.48. The Balaban J connectivity index is 1.54. The van der Waals surface area contributed by atoms with Gasteiger partial charge >= 0.3 is 6.03 Å². The van der Waals surface area contributed by atoms with E-state index in [2.05, 4.69) is 10.3 Å². The summed E-state index contributed by atoms with van der Waals surface area (Å²) in [5.41, 5.74) is 2.77. The van der Waals surface area contributed by atoms with Gasteiger partial charge in [-0.05, 0) is 23.3 Å². The summed E-state index contributed by atoms with van der Waals surface area (Å²) in [4.78, 5) is 29.3. The molecule has 1 unspecified atom stereocenters. The maximum Gasteiger partial charge on any atom is 0.325 e. The molecule has 126 valence electrons. The Labute approximate surface area is 149 Å². The number of aromatic amines is 1. The number of carbonyl (C=O) groups excluding carboxylic acids is 2. The van der Waals surface area contributed by atoms with Crippen LogP contribution in [0.3, 0.4) is 0 Å². The molecule has 6 heteroatoms. The van der Waals surface area contributed by atoms with Crippen LogP contribution >= 0.6 is 11.6 Å². The number of halogens is 1. The second-order valence-corrected chi connectivity index (χ2v) is 6.49. The highest BCUT2D eigenvalue weighted by atomic mass is 35.5. The zero-order valence-corrected chi connectivity index (χ0v) is 14.1. The van der Waals surface area contributed by atoms with Crippen LogP contribution in [-0.4, -0.2) is 27.9 Å². The van der Waals surface area contributed by atoms with E-state index in [1.807, 2.05) is 48.7 Å². The first-order valence-electron chi connectivity index (χ1n) is 8.04. The van der Waals surface area contributed by atoms with Crippen LogP contribution in [0.5, 0.6) is 0 Å². The summed E-state index contributed by atoms with van der Waals surface area (Å²) >= 11 is 6.14. The van der Waals surface area contributed by atoms with Crippen LogP contribution in [0.2, 0.25) is 5.02 Å². The second kappa shape index (κ2) is 6.26. The number of fused-ring (bicyclic) bond motifs is 1. The van der Waals surface area contributed by atoms with Crippen LogP contribution in [0, 0.1) is 0 Å². The van der Waals surface area contributed by atoms with Gasteiger partial charge in [-0.2, -0.15) is 0 Å². The first-order valence-corrected chi connectivity index (χ1v) is 8.41. The lowest BCUT2D eigenvalue weighted by Crippen LogP contribution is -2.32. The van der Waals surface area contributed by atoms with E-state index >= 15 is 0 Å². The van der Waals surface area contributed by atoms with Crippen molar-refractivity contribution in [3.8, 4) is 0 Å². The molecule has 2 N–H and O–H groups in total. The van der Waals surface area contributed by atoms with E-state index in [0.29, 0.717) is 11.4 Å². The lowest BCUT2D eigenvalue weighted by molar-refractivity contribution is -0.127. The molecule has 25 heavy (non-hydrogen) atoms. The third-order valence-electron chi connectivity index (χ3n) is 4.49. The second-order valence-electron chi connectivity index (χ2n) is 6.08. The predicted molar refractivity (Wildman–Crippen MR) is 96.3 cm³/mol. The van der Waals surface area contributed by atoms with Crippen molar-refractivity contribution in [1.29, 1.82) is 0 Å². The average molecular weight is 354 g/mol. The molecule has 1 fully saturated rings. The quantitative estimate of drug-likeness (QED) is 0.705. The fraction of sp³-hybridized carbons (Fsp3) is 0.158. The summed E-state index contributed by atoms with van der Waals surface area (Å²) in [6.45, 7) is 0.175. The van der Waals surface area contributed by atoms with Crippen molar-refractivity contribution >= 4 is 34.4 Å². The highest BCUT2D eigenvalue weighted by Crippen LogP contribution is 2.23. The first kappa shape index (κ1) is 15.7. The summed E-state index contributed by atoms with van der Waals surface area (Å²) < 4.78 is 0. The molecule has 1 atom stereocenters. The van der Waals surface area contributed by atoms with Gasteiger partial charge in [-0.15, -0.1) is 0 Å². The number of carbonyl (C=O) groups is 2. The normalized spacial score (nSPS) is 17.3. The number of urea groups is 1. The SMILES string of the molecule is O=C1NC(Cc2c[nH]c3ccccc23)C(=O)N1Cc1ccccc1Cl. The Morgan fingerprint density at radius 3 is 2.60 bits per heavy atom. The van der Waals surface area contributed by atoms with Crippen molar-refractivity contribution < 1.29 is 9.59 Å². The zero-order chi connectivity index (χ0) is 17.4. The maximum absolute atomic E-state index is 12.7. The number of para-hydroxylation sites is 1. The van der Waals surface area contributed by atoms with Gasteiger partial charge in [0.1, 0.15) is 6.04 Å². The Morgan fingerprint density at radius 1 is 1.00 bits per heavy atom. The third-order valence-corrected chi connectivity index (χ3v) is 4.86. The molecule has 2 aromatic carbocycles. The number of hydrogen-bond acceptors (Lipinski definition) is 2. The molecule has 2 heterocycles. The molecule has 1 aliphatic rings. The fourth-order valence-corrected chi connectivity index (χ4v) is 3.38. The first-order chi connectivity index (χ1) is 12.1. The molecule has 0 saturated carbocycles. The molecule has 1 aromatic heterocycles. The number of amides is 3. The summed E-state index contributed by atoms with van der Waals surface area (Å²) in [5.74, 6) is -0.227. The van der Waals surface area contributed by atoms with E-state index in [0.717, 1.165) is 22.0 Å². The summed E-state index contributed by atoms with van der Waals surface area (Å²) in [7, 11) is 0. The molecule has 0 aliphatic carbocycles. The molecule has 0 bridgehead atoms. The minimum Gasteiger partial charge on any atom is -0.361 e. The average Bonchev–Trinajstić information content (AvgIpc) is 3.13. The summed E-state index contributed by atoms with van der Waals surface area (Å²) in [5, 5.41) is 4.39. The van der Waals surface area contributed by atoms with Crippen molar-refractivity contribution in [1.82, 2.24) is 15.2 Å². The van der Waals surface area contributed by atoms with E-state index in [-0.39, 0.29) is 18.5 Å². The van der Waals surface area contributed by atoms with Gasteiger partial charge in [-0.1, -0.05) is 48.0 Å². The standard InChI is InChI=1S/C19H16ClN3O2/c20-15-7-3-1-5-12(15)11-23-18(24)17(22-19(23)25)9-13-10-21-16-8-4-2-6-14(13)16/h1-8,10,17,21H,9,11H2,(H,22,25). The molecule has 3 amide bonds.